The van der Waals surface area contributed by atoms with Gasteiger partial charge in [0.05, 0.1) is 5.75 Å². The Morgan fingerprint density at radius 1 is 1.21 bits per heavy atom. The maximum atomic E-state index is 12.4. The summed E-state index contributed by atoms with van der Waals surface area (Å²) in [6.07, 6.45) is 1.20. The van der Waals surface area contributed by atoms with Crippen molar-refractivity contribution in [3.63, 3.8) is 0 Å². The van der Waals surface area contributed by atoms with E-state index < -0.39 is 10.0 Å². The molecule has 1 N–H and O–H groups in total. The van der Waals surface area contributed by atoms with Gasteiger partial charge in [0.15, 0.2) is 0 Å². The molecule has 1 fully saturated rings. The highest BCUT2D eigenvalue weighted by molar-refractivity contribution is 7.89. The number of anilines is 1. The molecule has 1 aliphatic heterocycles. The number of hydrogen-bond acceptors (Lipinski definition) is 4. The Balaban J connectivity index is 1.83. The Morgan fingerprint density at radius 2 is 1.92 bits per heavy atom. The molecule has 1 amide bonds. The van der Waals surface area contributed by atoms with Gasteiger partial charge in [-0.1, -0.05) is 19.1 Å². The molecule has 1 aliphatic rings. The highest BCUT2D eigenvalue weighted by atomic mass is 32.2. The van der Waals surface area contributed by atoms with Crippen molar-refractivity contribution >= 4 is 21.6 Å². The number of sulfonamides is 1. The first-order valence-electron chi connectivity index (χ1n) is 8.48. The number of rotatable bonds is 7. The monoisotopic (exact) mass is 353 g/mol. The van der Waals surface area contributed by atoms with E-state index in [1.807, 2.05) is 13.0 Å². The Bertz CT molecular complexity index is 653. The minimum absolute atomic E-state index is 0.0348. The molecular weight excluding hydrogens is 326 g/mol. The number of aryl methyl sites for hydroxylation is 1. The lowest BCUT2D eigenvalue weighted by Gasteiger charge is -2.35. The Kier molecular flexibility index (Phi) is 6.62. The van der Waals surface area contributed by atoms with Crippen LogP contribution in [0.4, 0.5) is 5.69 Å². The first-order valence-corrected chi connectivity index (χ1v) is 10.1. The van der Waals surface area contributed by atoms with Crippen molar-refractivity contribution in [1.29, 1.82) is 0 Å². The third-order valence-corrected chi connectivity index (χ3v) is 6.03. The van der Waals surface area contributed by atoms with E-state index in [1.165, 1.54) is 9.87 Å². The van der Waals surface area contributed by atoms with Crippen LogP contribution in [-0.4, -0.2) is 57.1 Å². The maximum absolute atomic E-state index is 12.4. The quantitative estimate of drug-likeness (QED) is 0.804. The molecule has 134 valence electrons. The lowest BCUT2D eigenvalue weighted by Crippen LogP contribution is -2.50. The predicted molar refractivity (Wildman–Crippen MR) is 96.7 cm³/mol. The zero-order chi connectivity index (χ0) is 17.6. The van der Waals surface area contributed by atoms with E-state index in [2.05, 4.69) is 35.3 Å². The van der Waals surface area contributed by atoms with Gasteiger partial charge in [-0.25, -0.2) is 8.42 Å². The van der Waals surface area contributed by atoms with E-state index in [0.717, 1.165) is 12.1 Å². The van der Waals surface area contributed by atoms with E-state index in [0.29, 0.717) is 32.6 Å². The summed E-state index contributed by atoms with van der Waals surface area (Å²) in [5.74, 6) is -0.121. The molecule has 0 aromatic heterocycles. The molecular formula is C17H27N3O3S. The molecule has 0 atom stereocenters. The van der Waals surface area contributed by atoms with E-state index in [-0.39, 0.29) is 18.2 Å². The molecule has 1 saturated heterocycles. The van der Waals surface area contributed by atoms with Gasteiger partial charge < -0.3 is 10.2 Å². The summed E-state index contributed by atoms with van der Waals surface area (Å²) in [4.78, 5) is 13.6. The molecule has 0 aliphatic carbocycles. The van der Waals surface area contributed by atoms with Crippen molar-refractivity contribution in [1.82, 2.24) is 9.62 Å². The summed E-state index contributed by atoms with van der Waals surface area (Å²) in [6.45, 7) is 6.49. The highest BCUT2D eigenvalue weighted by Crippen LogP contribution is 2.18. The smallest absolute Gasteiger partial charge is 0.220 e. The Morgan fingerprint density at radius 3 is 2.54 bits per heavy atom. The van der Waals surface area contributed by atoms with Crippen molar-refractivity contribution in [2.45, 2.75) is 26.7 Å². The number of benzene rings is 1. The number of carbonyl (C=O) groups is 1. The molecule has 7 heteroatoms. The second kappa shape index (κ2) is 8.48. The highest BCUT2D eigenvalue weighted by Gasteiger charge is 2.26. The molecule has 2 rings (SSSR count). The molecule has 0 bridgehead atoms. The number of piperazine rings is 1. The maximum Gasteiger partial charge on any atom is 0.220 e. The first kappa shape index (κ1) is 18.7. The lowest BCUT2D eigenvalue weighted by molar-refractivity contribution is -0.120. The van der Waals surface area contributed by atoms with Gasteiger partial charge in [0, 0.05) is 44.8 Å². The van der Waals surface area contributed by atoms with Gasteiger partial charge in [0.1, 0.15) is 0 Å². The number of carbonyl (C=O) groups excluding carboxylic acids is 1. The summed E-state index contributed by atoms with van der Waals surface area (Å²) in [5, 5.41) is 2.66. The summed E-state index contributed by atoms with van der Waals surface area (Å²) in [7, 11) is -3.32. The number of nitrogens with one attached hydrogen (secondary N) is 1. The van der Waals surface area contributed by atoms with Gasteiger partial charge in [0.25, 0.3) is 0 Å². The summed E-state index contributed by atoms with van der Waals surface area (Å²) in [6, 6.07) is 8.25. The van der Waals surface area contributed by atoms with Crippen molar-refractivity contribution in [3.05, 3.63) is 29.8 Å². The van der Waals surface area contributed by atoms with Gasteiger partial charge in [-0.15, -0.1) is 0 Å². The molecule has 24 heavy (non-hydrogen) atoms. The fourth-order valence-corrected chi connectivity index (χ4v) is 4.15. The second-order valence-electron chi connectivity index (χ2n) is 6.14. The predicted octanol–water partition coefficient (Wildman–Crippen LogP) is 1.36. The van der Waals surface area contributed by atoms with Crippen LogP contribution in [-0.2, 0) is 14.8 Å². The van der Waals surface area contributed by atoms with Crippen LogP contribution in [0.1, 0.15) is 25.3 Å². The number of hydrogen-bond donors (Lipinski definition) is 1. The van der Waals surface area contributed by atoms with Gasteiger partial charge in [-0.05, 0) is 31.0 Å². The fraction of sp³-hybridized carbons (Fsp3) is 0.588. The van der Waals surface area contributed by atoms with Gasteiger partial charge in [0.2, 0.25) is 15.9 Å². The Hall–Kier alpha value is -1.60. The third-order valence-electron chi connectivity index (χ3n) is 4.16. The summed E-state index contributed by atoms with van der Waals surface area (Å²) in [5.41, 5.74) is 2.34. The van der Waals surface area contributed by atoms with Crippen LogP contribution < -0.4 is 10.2 Å². The third kappa shape index (κ3) is 5.21. The summed E-state index contributed by atoms with van der Waals surface area (Å²) < 4.78 is 26.3. The summed E-state index contributed by atoms with van der Waals surface area (Å²) >= 11 is 0. The molecule has 6 nitrogen and oxygen atoms in total. The van der Waals surface area contributed by atoms with E-state index >= 15 is 0 Å². The van der Waals surface area contributed by atoms with Crippen LogP contribution in [0.3, 0.4) is 0 Å². The van der Waals surface area contributed by atoms with Crippen LogP contribution >= 0.6 is 0 Å². The van der Waals surface area contributed by atoms with Crippen LogP contribution in [0, 0.1) is 6.92 Å². The molecule has 0 radical (unpaired) electrons. The van der Waals surface area contributed by atoms with Crippen molar-refractivity contribution in [2.75, 3.05) is 43.4 Å². The Labute approximate surface area is 144 Å². The van der Waals surface area contributed by atoms with E-state index in [9.17, 15) is 13.2 Å². The molecule has 0 unspecified atom stereocenters. The number of nitrogens with zero attached hydrogens (tertiary/aromatic N) is 2. The standard InChI is InChI=1S/C17H27N3O3S/c1-3-5-17(21)18-8-13-24(22,23)20-11-9-19(10-12-20)16-7-4-6-15(2)14-16/h4,6-7,14H,3,5,8-13H2,1-2H3,(H,18,21). The zero-order valence-corrected chi connectivity index (χ0v) is 15.3. The van der Waals surface area contributed by atoms with E-state index in [1.54, 1.807) is 0 Å². The molecule has 1 heterocycles. The number of amides is 1. The lowest BCUT2D eigenvalue weighted by atomic mass is 10.2. The van der Waals surface area contributed by atoms with Crippen LogP contribution in [0.2, 0.25) is 0 Å². The minimum atomic E-state index is -3.32. The normalized spacial score (nSPS) is 16.2. The molecule has 0 saturated carbocycles. The zero-order valence-electron chi connectivity index (χ0n) is 14.5. The molecule has 1 aromatic carbocycles. The van der Waals surface area contributed by atoms with Crippen molar-refractivity contribution in [2.24, 2.45) is 0 Å². The minimum Gasteiger partial charge on any atom is -0.369 e. The van der Waals surface area contributed by atoms with Gasteiger partial charge in [-0.2, -0.15) is 4.31 Å². The second-order valence-corrected chi connectivity index (χ2v) is 8.23. The topological polar surface area (TPSA) is 69.7 Å². The molecule has 1 aromatic rings. The first-order chi connectivity index (χ1) is 11.4. The van der Waals surface area contributed by atoms with Gasteiger partial charge in [-0.3, -0.25) is 4.79 Å². The van der Waals surface area contributed by atoms with Crippen LogP contribution in [0.15, 0.2) is 24.3 Å². The van der Waals surface area contributed by atoms with Gasteiger partial charge >= 0.3 is 0 Å². The van der Waals surface area contributed by atoms with Crippen LogP contribution in [0.25, 0.3) is 0 Å². The molecule has 0 spiro atoms. The average Bonchev–Trinajstić information content (AvgIpc) is 2.55. The van der Waals surface area contributed by atoms with Crippen LogP contribution in [0.5, 0.6) is 0 Å². The van der Waals surface area contributed by atoms with Crippen molar-refractivity contribution < 1.29 is 13.2 Å². The van der Waals surface area contributed by atoms with E-state index in [4.69, 9.17) is 0 Å². The largest absolute Gasteiger partial charge is 0.369 e. The fourth-order valence-electron chi connectivity index (χ4n) is 2.81. The SMILES string of the molecule is CCCC(=O)NCCS(=O)(=O)N1CCN(c2cccc(C)c2)CC1. The average molecular weight is 353 g/mol. The van der Waals surface area contributed by atoms with Crippen molar-refractivity contribution in [3.8, 4) is 0 Å².